The summed E-state index contributed by atoms with van der Waals surface area (Å²) in [5.41, 5.74) is 4.04. The Balaban J connectivity index is 1.21. The molecule has 8 rings (SSSR count). The summed E-state index contributed by atoms with van der Waals surface area (Å²) in [6, 6.07) is 13.0. The maximum absolute atomic E-state index is 9.39. The Morgan fingerprint density at radius 3 is 2.86 bits per heavy atom. The van der Waals surface area contributed by atoms with Crippen molar-refractivity contribution in [2.24, 2.45) is 5.92 Å². The van der Waals surface area contributed by atoms with Gasteiger partial charge in [-0.15, -0.1) is 5.10 Å². The topological polar surface area (TPSA) is 104 Å². The van der Waals surface area contributed by atoms with E-state index in [-0.39, 0.29) is 17.9 Å². The maximum atomic E-state index is 9.39. The van der Waals surface area contributed by atoms with E-state index in [0.717, 1.165) is 37.1 Å². The zero-order valence-electron chi connectivity index (χ0n) is 20.0. The van der Waals surface area contributed by atoms with Crippen molar-refractivity contribution in [3.8, 4) is 0 Å². The van der Waals surface area contributed by atoms with E-state index >= 15 is 0 Å². The van der Waals surface area contributed by atoms with Crippen LogP contribution in [0, 0.1) is 12.8 Å². The van der Waals surface area contributed by atoms with Crippen LogP contribution in [0.1, 0.15) is 54.3 Å². The second-order valence-corrected chi connectivity index (χ2v) is 10.6. The van der Waals surface area contributed by atoms with Crippen molar-refractivity contribution in [3.63, 3.8) is 0 Å². The zero-order valence-corrected chi connectivity index (χ0v) is 20.0. The molecule has 4 aliphatic rings. The number of aromatic nitrogens is 6. The molecule has 0 amide bonds. The SMILES string of the molecule is Cc1cc(N2CC[C@](C)(c3ccccc3)C2)cn2nc(C34CC(CO3)C4c3n[nH]c(CO)n3)nc12. The average Bonchev–Trinajstić information content (AvgIpc) is 3.66. The number of anilines is 1. The molecule has 3 aliphatic heterocycles. The lowest BCUT2D eigenvalue weighted by atomic mass is 9.63. The second kappa shape index (κ2) is 7.35. The lowest BCUT2D eigenvalue weighted by Gasteiger charge is -2.41. The number of nitrogens with one attached hydrogen (secondary N) is 1. The molecule has 6 heterocycles. The monoisotopic (exact) mass is 471 g/mol. The third-order valence-corrected chi connectivity index (χ3v) is 8.36. The standard InChI is InChI=1S/C26H29N7O2/c1-16-10-19(32-9-8-25(2,15-32)18-6-4-3-5-7-18)12-33-23(16)28-24(31-33)26-11-17(14-35-26)21(26)22-27-20(13-34)29-30-22/h3-7,10,12,17,21,34H,8-9,11,13-15H2,1-2H3,(H,27,29,30)/t17?,21?,25-,26?/m0/s1. The first-order chi connectivity index (χ1) is 17.0. The number of H-pyrrole nitrogens is 1. The third kappa shape index (κ3) is 3.01. The molecule has 1 aromatic carbocycles. The molecule has 3 unspecified atom stereocenters. The largest absolute Gasteiger partial charge is 0.388 e. The van der Waals surface area contributed by atoms with Crippen molar-refractivity contribution >= 4 is 11.3 Å². The molecule has 1 aliphatic carbocycles. The molecule has 35 heavy (non-hydrogen) atoms. The van der Waals surface area contributed by atoms with Crippen LogP contribution in [0.3, 0.4) is 0 Å². The van der Waals surface area contributed by atoms with Gasteiger partial charge in [0.2, 0.25) is 0 Å². The van der Waals surface area contributed by atoms with E-state index in [0.29, 0.717) is 30.0 Å². The van der Waals surface area contributed by atoms with E-state index in [9.17, 15) is 5.11 Å². The molecule has 4 atom stereocenters. The molecule has 9 nitrogen and oxygen atoms in total. The van der Waals surface area contributed by atoms with Crippen LogP contribution in [0.25, 0.3) is 5.65 Å². The fourth-order valence-corrected chi connectivity index (χ4v) is 6.39. The highest BCUT2D eigenvalue weighted by Gasteiger charge is 2.66. The lowest BCUT2D eigenvalue weighted by Crippen LogP contribution is -2.44. The summed E-state index contributed by atoms with van der Waals surface area (Å²) in [6.07, 6.45) is 4.08. The van der Waals surface area contributed by atoms with E-state index in [1.807, 2.05) is 4.52 Å². The number of aliphatic hydroxyl groups excluding tert-OH is 1. The Morgan fingerprint density at radius 1 is 1.23 bits per heavy atom. The van der Waals surface area contributed by atoms with Crippen LogP contribution in [-0.4, -0.2) is 54.6 Å². The predicted molar refractivity (Wildman–Crippen MR) is 129 cm³/mol. The Hall–Kier alpha value is -3.30. The lowest BCUT2D eigenvalue weighted by molar-refractivity contribution is -0.0345. The van der Waals surface area contributed by atoms with Gasteiger partial charge in [-0.3, -0.25) is 5.10 Å². The fourth-order valence-electron chi connectivity index (χ4n) is 6.39. The fraction of sp³-hybridized carbons (Fsp3) is 0.462. The second-order valence-electron chi connectivity index (χ2n) is 10.6. The first-order valence-corrected chi connectivity index (χ1v) is 12.3. The van der Waals surface area contributed by atoms with Crippen molar-refractivity contribution in [2.45, 2.75) is 50.2 Å². The summed E-state index contributed by atoms with van der Waals surface area (Å²) in [5, 5.41) is 21.5. The van der Waals surface area contributed by atoms with E-state index in [1.165, 1.54) is 11.3 Å². The predicted octanol–water partition coefficient (Wildman–Crippen LogP) is 2.85. The van der Waals surface area contributed by atoms with Crippen molar-refractivity contribution < 1.29 is 9.84 Å². The first-order valence-electron chi connectivity index (χ1n) is 12.3. The Kier molecular flexibility index (Phi) is 4.41. The van der Waals surface area contributed by atoms with E-state index in [2.05, 4.69) is 76.5 Å². The summed E-state index contributed by atoms with van der Waals surface area (Å²) in [4.78, 5) is 11.9. The van der Waals surface area contributed by atoms with Gasteiger partial charge >= 0.3 is 0 Å². The summed E-state index contributed by atoms with van der Waals surface area (Å²) < 4.78 is 8.19. The average molecular weight is 472 g/mol. The highest BCUT2D eigenvalue weighted by atomic mass is 16.5. The van der Waals surface area contributed by atoms with Gasteiger partial charge in [-0.25, -0.2) is 14.5 Å². The maximum Gasteiger partial charge on any atom is 0.184 e. The van der Waals surface area contributed by atoms with Gasteiger partial charge < -0.3 is 14.7 Å². The minimum absolute atomic E-state index is 0.00130. The molecule has 2 N–H and O–H groups in total. The first kappa shape index (κ1) is 21.0. The van der Waals surface area contributed by atoms with Crippen LogP contribution in [-0.2, 0) is 22.4 Å². The van der Waals surface area contributed by atoms with Crippen LogP contribution in [0.4, 0.5) is 5.69 Å². The van der Waals surface area contributed by atoms with Crippen molar-refractivity contribution in [3.05, 3.63) is 71.2 Å². The molecule has 1 saturated carbocycles. The van der Waals surface area contributed by atoms with Gasteiger partial charge in [0.05, 0.1) is 24.4 Å². The number of hydrogen-bond acceptors (Lipinski definition) is 7. The molecule has 2 bridgehead atoms. The summed E-state index contributed by atoms with van der Waals surface area (Å²) in [5.74, 6) is 2.19. The van der Waals surface area contributed by atoms with Crippen LogP contribution < -0.4 is 4.90 Å². The number of hydrogen-bond donors (Lipinski definition) is 2. The molecule has 3 aromatic heterocycles. The number of rotatable bonds is 5. The number of fused-ring (bicyclic) bond motifs is 2. The molecule has 0 spiro atoms. The molecule has 3 saturated heterocycles. The number of pyridine rings is 1. The number of nitrogens with zero attached hydrogens (tertiary/aromatic N) is 6. The minimum Gasteiger partial charge on any atom is -0.388 e. The summed E-state index contributed by atoms with van der Waals surface area (Å²) in [6.45, 7) is 6.92. The smallest absolute Gasteiger partial charge is 0.184 e. The number of aromatic amines is 1. The van der Waals surface area contributed by atoms with Gasteiger partial charge in [0.25, 0.3) is 0 Å². The Labute approximate surface area is 203 Å². The number of aryl methyl sites for hydroxylation is 1. The van der Waals surface area contributed by atoms with Gasteiger partial charge in [-0.2, -0.15) is 5.10 Å². The van der Waals surface area contributed by atoms with Crippen LogP contribution in [0.5, 0.6) is 0 Å². The molecule has 0 radical (unpaired) electrons. The molecule has 4 aromatic rings. The normalized spacial score (nSPS) is 29.7. The molecular weight excluding hydrogens is 442 g/mol. The number of benzene rings is 1. The van der Waals surface area contributed by atoms with Gasteiger partial charge in [0.1, 0.15) is 18.0 Å². The van der Waals surface area contributed by atoms with Gasteiger partial charge in [-0.1, -0.05) is 37.3 Å². The zero-order chi connectivity index (χ0) is 23.8. The van der Waals surface area contributed by atoms with E-state index in [4.69, 9.17) is 14.8 Å². The Morgan fingerprint density at radius 2 is 2.09 bits per heavy atom. The van der Waals surface area contributed by atoms with Crippen molar-refractivity contribution in [1.29, 1.82) is 0 Å². The van der Waals surface area contributed by atoms with E-state index < -0.39 is 5.60 Å². The third-order valence-electron chi connectivity index (χ3n) is 8.36. The summed E-state index contributed by atoms with van der Waals surface area (Å²) >= 11 is 0. The number of ether oxygens (including phenoxy) is 1. The molecule has 180 valence electrons. The van der Waals surface area contributed by atoms with E-state index in [1.54, 1.807) is 0 Å². The molecule has 4 fully saturated rings. The highest BCUT2D eigenvalue weighted by Crippen LogP contribution is 2.63. The van der Waals surface area contributed by atoms with Gasteiger partial charge in [0, 0.05) is 18.5 Å². The van der Waals surface area contributed by atoms with Gasteiger partial charge in [-0.05, 0) is 42.9 Å². The minimum atomic E-state index is -0.599. The van der Waals surface area contributed by atoms with Crippen molar-refractivity contribution in [1.82, 2.24) is 29.8 Å². The van der Waals surface area contributed by atoms with Crippen LogP contribution in [0.2, 0.25) is 0 Å². The quantitative estimate of drug-likeness (QED) is 0.461. The van der Waals surface area contributed by atoms with Crippen molar-refractivity contribution in [2.75, 3.05) is 24.6 Å². The van der Waals surface area contributed by atoms with Crippen LogP contribution in [0.15, 0.2) is 42.6 Å². The number of aliphatic hydroxyl groups is 1. The van der Waals surface area contributed by atoms with Gasteiger partial charge in [0.15, 0.2) is 17.3 Å². The molecule has 9 heteroatoms. The van der Waals surface area contributed by atoms with Crippen LogP contribution >= 0.6 is 0 Å². The highest BCUT2D eigenvalue weighted by molar-refractivity contribution is 5.58. The molecular formula is C26H29N7O2. The summed E-state index contributed by atoms with van der Waals surface area (Å²) in [7, 11) is 0. The Bertz CT molecular complexity index is 1410.